The van der Waals surface area contributed by atoms with Crippen LogP contribution in [0.4, 0.5) is 4.39 Å². The molecular weight excluding hydrogens is 269 g/mol. The van der Waals surface area contributed by atoms with Crippen molar-refractivity contribution in [1.82, 2.24) is 5.32 Å². The molecule has 1 unspecified atom stereocenters. The van der Waals surface area contributed by atoms with E-state index in [4.69, 9.17) is 4.74 Å². The molecule has 3 nitrogen and oxygen atoms in total. The minimum Gasteiger partial charge on any atom is -0.494 e. The van der Waals surface area contributed by atoms with E-state index in [0.717, 1.165) is 19.3 Å². The summed E-state index contributed by atoms with van der Waals surface area (Å²) in [4.78, 5) is 0. The van der Waals surface area contributed by atoms with E-state index >= 15 is 0 Å². The minimum atomic E-state index is -0.240. The first kappa shape index (κ1) is 17.9. The molecule has 21 heavy (non-hydrogen) atoms. The van der Waals surface area contributed by atoms with E-state index < -0.39 is 0 Å². The number of aliphatic hydroxyl groups is 1. The number of nitrogens with one attached hydrogen (secondary N) is 1. The number of rotatable bonds is 9. The standard InChI is InChI=1S/C17H28FNO2/c1-5-17(12-20,19-13(2)3)9-6-10-21-15-7-8-16(18)14(4)11-15/h7-8,11,13,19-20H,5-6,9-10,12H2,1-4H3. The van der Waals surface area contributed by atoms with Crippen molar-refractivity contribution in [2.45, 2.75) is 58.5 Å². The maximum absolute atomic E-state index is 13.2. The van der Waals surface area contributed by atoms with E-state index in [1.54, 1.807) is 19.1 Å². The van der Waals surface area contributed by atoms with E-state index in [1.807, 2.05) is 0 Å². The van der Waals surface area contributed by atoms with Gasteiger partial charge in [-0.25, -0.2) is 4.39 Å². The zero-order chi connectivity index (χ0) is 15.9. The fourth-order valence-electron chi connectivity index (χ4n) is 2.51. The summed E-state index contributed by atoms with van der Waals surface area (Å²) in [5.41, 5.74) is 0.350. The van der Waals surface area contributed by atoms with Gasteiger partial charge in [-0.1, -0.05) is 20.8 Å². The van der Waals surface area contributed by atoms with Crippen molar-refractivity contribution < 1.29 is 14.2 Å². The van der Waals surface area contributed by atoms with Crippen LogP contribution < -0.4 is 10.1 Å². The molecule has 0 aliphatic carbocycles. The summed E-state index contributed by atoms with van der Waals surface area (Å²) in [6.07, 6.45) is 2.56. The highest BCUT2D eigenvalue weighted by Crippen LogP contribution is 2.20. The first-order valence-electron chi connectivity index (χ1n) is 7.70. The van der Waals surface area contributed by atoms with Crippen LogP contribution in [0.25, 0.3) is 0 Å². The van der Waals surface area contributed by atoms with Gasteiger partial charge in [0.2, 0.25) is 0 Å². The molecule has 0 radical (unpaired) electrons. The van der Waals surface area contributed by atoms with E-state index in [-0.39, 0.29) is 18.0 Å². The lowest BCUT2D eigenvalue weighted by atomic mass is 9.90. The van der Waals surface area contributed by atoms with Crippen LogP contribution in [0.5, 0.6) is 5.75 Å². The Bertz CT molecular complexity index is 431. The van der Waals surface area contributed by atoms with Gasteiger partial charge >= 0.3 is 0 Å². The molecule has 0 aliphatic heterocycles. The van der Waals surface area contributed by atoms with E-state index in [9.17, 15) is 9.50 Å². The lowest BCUT2D eigenvalue weighted by Gasteiger charge is -2.34. The maximum Gasteiger partial charge on any atom is 0.126 e. The van der Waals surface area contributed by atoms with Crippen LogP contribution in [0.3, 0.4) is 0 Å². The van der Waals surface area contributed by atoms with Gasteiger partial charge < -0.3 is 15.2 Å². The molecule has 1 atom stereocenters. The summed E-state index contributed by atoms with van der Waals surface area (Å²) in [7, 11) is 0. The second-order valence-corrected chi connectivity index (χ2v) is 5.95. The molecule has 0 fully saturated rings. The molecule has 120 valence electrons. The SMILES string of the molecule is CCC(CO)(CCCOc1ccc(F)c(C)c1)NC(C)C. The molecule has 1 aromatic carbocycles. The molecular formula is C17H28FNO2. The van der Waals surface area contributed by atoms with Crippen molar-refractivity contribution in [3.05, 3.63) is 29.6 Å². The predicted molar refractivity (Wildman–Crippen MR) is 84.2 cm³/mol. The van der Waals surface area contributed by atoms with Crippen molar-refractivity contribution in [2.24, 2.45) is 0 Å². The normalized spacial score (nSPS) is 14.2. The lowest BCUT2D eigenvalue weighted by molar-refractivity contribution is 0.129. The van der Waals surface area contributed by atoms with Crippen LogP contribution >= 0.6 is 0 Å². The summed E-state index contributed by atoms with van der Waals surface area (Å²) in [6, 6.07) is 5.11. The third kappa shape index (κ3) is 5.64. The van der Waals surface area contributed by atoms with Crippen LogP contribution in [0.15, 0.2) is 18.2 Å². The van der Waals surface area contributed by atoms with Gasteiger partial charge in [-0.2, -0.15) is 0 Å². The van der Waals surface area contributed by atoms with Gasteiger partial charge in [0.15, 0.2) is 0 Å². The third-order valence-electron chi connectivity index (χ3n) is 3.77. The quantitative estimate of drug-likeness (QED) is 0.686. The zero-order valence-electron chi connectivity index (χ0n) is 13.6. The van der Waals surface area contributed by atoms with Crippen LogP contribution in [0.2, 0.25) is 0 Å². The highest BCUT2D eigenvalue weighted by atomic mass is 19.1. The monoisotopic (exact) mass is 297 g/mol. The van der Waals surface area contributed by atoms with Gasteiger partial charge in [0.1, 0.15) is 11.6 Å². The highest BCUT2D eigenvalue weighted by Gasteiger charge is 2.27. The second kappa shape index (κ2) is 8.35. The van der Waals surface area contributed by atoms with Gasteiger partial charge in [-0.3, -0.25) is 0 Å². The first-order valence-corrected chi connectivity index (χ1v) is 7.70. The van der Waals surface area contributed by atoms with Crippen LogP contribution in [0, 0.1) is 12.7 Å². The smallest absolute Gasteiger partial charge is 0.126 e. The number of halogens is 1. The molecule has 1 aromatic rings. The van der Waals surface area contributed by atoms with Gasteiger partial charge in [0.05, 0.1) is 13.2 Å². The van der Waals surface area contributed by atoms with E-state index in [0.29, 0.717) is 24.0 Å². The number of hydrogen-bond acceptors (Lipinski definition) is 3. The Labute approximate surface area is 127 Å². The highest BCUT2D eigenvalue weighted by molar-refractivity contribution is 5.28. The van der Waals surface area contributed by atoms with Gasteiger partial charge in [-0.05, 0) is 49.9 Å². The summed E-state index contributed by atoms with van der Waals surface area (Å²) in [5.74, 6) is 0.477. The molecule has 0 saturated carbocycles. The molecule has 4 heteroatoms. The van der Waals surface area contributed by atoms with E-state index in [1.165, 1.54) is 6.07 Å². The van der Waals surface area contributed by atoms with Crippen LogP contribution in [-0.4, -0.2) is 29.9 Å². The van der Waals surface area contributed by atoms with Gasteiger partial charge in [0.25, 0.3) is 0 Å². The Morgan fingerprint density at radius 1 is 1.38 bits per heavy atom. The van der Waals surface area contributed by atoms with Gasteiger partial charge in [0, 0.05) is 11.6 Å². The summed E-state index contributed by atoms with van der Waals surface area (Å²) < 4.78 is 18.8. The van der Waals surface area contributed by atoms with Crippen molar-refractivity contribution in [1.29, 1.82) is 0 Å². The van der Waals surface area contributed by atoms with Crippen LogP contribution in [-0.2, 0) is 0 Å². The molecule has 2 N–H and O–H groups in total. The summed E-state index contributed by atoms with van der Waals surface area (Å²) in [5, 5.41) is 13.1. The van der Waals surface area contributed by atoms with Crippen molar-refractivity contribution in [3.8, 4) is 5.75 Å². The fourth-order valence-corrected chi connectivity index (χ4v) is 2.51. The average molecular weight is 297 g/mol. The number of ether oxygens (including phenoxy) is 1. The Kier molecular flexibility index (Phi) is 7.12. The Morgan fingerprint density at radius 2 is 2.10 bits per heavy atom. The predicted octanol–water partition coefficient (Wildman–Crippen LogP) is 3.43. The van der Waals surface area contributed by atoms with Crippen molar-refractivity contribution >= 4 is 0 Å². The molecule has 0 heterocycles. The number of benzene rings is 1. The number of aliphatic hydroxyl groups excluding tert-OH is 1. The number of hydrogen-bond donors (Lipinski definition) is 2. The molecule has 0 saturated heterocycles. The molecule has 0 amide bonds. The molecule has 0 aromatic heterocycles. The van der Waals surface area contributed by atoms with E-state index in [2.05, 4.69) is 26.1 Å². The molecule has 0 aliphatic rings. The third-order valence-corrected chi connectivity index (χ3v) is 3.77. The second-order valence-electron chi connectivity index (χ2n) is 5.95. The number of aryl methyl sites for hydroxylation is 1. The Morgan fingerprint density at radius 3 is 2.62 bits per heavy atom. The summed E-state index contributed by atoms with van der Waals surface area (Å²) in [6.45, 7) is 8.65. The molecule has 1 rings (SSSR count). The van der Waals surface area contributed by atoms with Crippen LogP contribution in [0.1, 0.15) is 45.6 Å². The first-order chi connectivity index (χ1) is 9.92. The largest absolute Gasteiger partial charge is 0.494 e. The lowest BCUT2D eigenvalue weighted by Crippen LogP contribution is -2.51. The topological polar surface area (TPSA) is 41.5 Å². The maximum atomic E-state index is 13.2. The molecule has 0 bridgehead atoms. The summed E-state index contributed by atoms with van der Waals surface area (Å²) >= 11 is 0. The Balaban J connectivity index is 2.45. The zero-order valence-corrected chi connectivity index (χ0v) is 13.6. The van der Waals surface area contributed by atoms with Crippen molar-refractivity contribution in [3.63, 3.8) is 0 Å². The minimum absolute atomic E-state index is 0.122. The van der Waals surface area contributed by atoms with Gasteiger partial charge in [-0.15, -0.1) is 0 Å². The average Bonchev–Trinajstić information content (AvgIpc) is 2.45. The Hall–Kier alpha value is -1.13. The fraction of sp³-hybridized carbons (Fsp3) is 0.647. The molecule has 0 spiro atoms. The van der Waals surface area contributed by atoms with Crippen molar-refractivity contribution in [2.75, 3.05) is 13.2 Å².